The maximum absolute atomic E-state index is 15.3. The number of benzene rings is 3. The van der Waals surface area contributed by atoms with Crippen molar-refractivity contribution in [1.29, 1.82) is 0 Å². The molecule has 0 fully saturated rings. The molecule has 1 atom stereocenters. The maximum Gasteiger partial charge on any atom is 0.416 e. The van der Waals surface area contributed by atoms with Crippen LogP contribution >= 0.6 is 11.6 Å². The van der Waals surface area contributed by atoms with Gasteiger partial charge in [-0.15, -0.1) is 0 Å². The van der Waals surface area contributed by atoms with Crippen molar-refractivity contribution in [3.05, 3.63) is 99.1 Å². The van der Waals surface area contributed by atoms with Crippen LogP contribution in [0.15, 0.2) is 59.0 Å². The van der Waals surface area contributed by atoms with Gasteiger partial charge in [-0.2, -0.15) is 13.2 Å². The van der Waals surface area contributed by atoms with Crippen molar-refractivity contribution in [3.8, 4) is 23.0 Å². The van der Waals surface area contributed by atoms with Crippen LogP contribution in [0.1, 0.15) is 39.7 Å². The Bertz CT molecular complexity index is 1580. The average molecular weight is 589 g/mol. The largest absolute Gasteiger partial charge is 0.493 e. The third-order valence-corrected chi connectivity index (χ3v) is 7.47. The molecule has 0 radical (unpaired) electrons. The van der Waals surface area contributed by atoms with Crippen LogP contribution in [0.5, 0.6) is 11.5 Å². The number of carbonyl (C=O) groups excluding carboxylic acids is 1. The van der Waals surface area contributed by atoms with E-state index < -0.39 is 23.6 Å². The van der Waals surface area contributed by atoms with E-state index in [1.165, 1.54) is 38.5 Å². The third-order valence-electron chi connectivity index (χ3n) is 7.14. The SMILES string of the molecule is COc1cc2c(cc1OC)C(c1c(F)cccc1Cl)N(C(=O)Cc1nc(-c3ccc(C(F)(F)F)cc3)oc1C)CC2. The van der Waals surface area contributed by atoms with Crippen LogP contribution in [-0.4, -0.2) is 36.6 Å². The molecule has 0 saturated heterocycles. The molecule has 214 valence electrons. The molecular weight excluding hydrogens is 564 g/mol. The molecule has 1 amide bonds. The number of carbonyl (C=O) groups is 1. The van der Waals surface area contributed by atoms with E-state index in [-0.39, 0.29) is 35.3 Å². The maximum atomic E-state index is 15.3. The lowest BCUT2D eigenvalue weighted by atomic mass is 9.87. The highest BCUT2D eigenvalue weighted by atomic mass is 35.5. The summed E-state index contributed by atoms with van der Waals surface area (Å²) in [5.41, 5.74) is 1.52. The predicted molar refractivity (Wildman–Crippen MR) is 144 cm³/mol. The molecule has 3 aromatic carbocycles. The lowest BCUT2D eigenvalue weighted by Gasteiger charge is -2.38. The molecule has 2 heterocycles. The van der Waals surface area contributed by atoms with Gasteiger partial charge in [0.25, 0.3) is 0 Å². The molecule has 1 aliphatic rings. The minimum absolute atomic E-state index is 0.0912. The fourth-order valence-electron chi connectivity index (χ4n) is 5.06. The number of aryl methyl sites for hydroxylation is 1. The number of ether oxygens (including phenoxy) is 2. The highest BCUT2D eigenvalue weighted by Gasteiger charge is 2.37. The van der Waals surface area contributed by atoms with Crippen LogP contribution in [0.2, 0.25) is 5.02 Å². The number of alkyl halides is 3. The Labute approximate surface area is 238 Å². The Morgan fingerprint density at radius 3 is 2.41 bits per heavy atom. The quantitative estimate of drug-likeness (QED) is 0.223. The molecule has 5 rings (SSSR count). The molecule has 6 nitrogen and oxygen atoms in total. The molecule has 0 bridgehead atoms. The first-order chi connectivity index (χ1) is 19.5. The third kappa shape index (κ3) is 5.48. The minimum atomic E-state index is -4.47. The highest BCUT2D eigenvalue weighted by Crippen LogP contribution is 2.44. The van der Waals surface area contributed by atoms with Gasteiger partial charge in [0.1, 0.15) is 11.6 Å². The smallest absolute Gasteiger partial charge is 0.416 e. The van der Waals surface area contributed by atoms with Crippen LogP contribution in [0.3, 0.4) is 0 Å². The van der Waals surface area contributed by atoms with Gasteiger partial charge in [0, 0.05) is 22.7 Å². The first kappa shape index (κ1) is 28.5. The molecule has 1 unspecified atom stereocenters. The first-order valence-corrected chi connectivity index (χ1v) is 13.0. The molecule has 1 aliphatic heterocycles. The standard InChI is InChI=1S/C30H25ClF4N2O4/c1-16-23(36-29(41-16)17-7-9-19(10-8-17)30(33,34)35)15-26(38)37-12-11-18-13-24(39-2)25(40-3)14-20(18)28(37)27-21(31)5-4-6-22(27)32/h4-10,13-14,28H,11-12,15H2,1-3H3. The van der Waals surface area contributed by atoms with Crippen LogP contribution < -0.4 is 9.47 Å². The summed E-state index contributed by atoms with van der Waals surface area (Å²) in [6.45, 7) is 1.89. The normalized spacial score (nSPS) is 15.0. The van der Waals surface area contributed by atoms with Crippen LogP contribution in [0.25, 0.3) is 11.5 Å². The van der Waals surface area contributed by atoms with Gasteiger partial charge in [0.2, 0.25) is 11.8 Å². The van der Waals surface area contributed by atoms with E-state index in [4.69, 9.17) is 25.5 Å². The molecule has 0 aliphatic carbocycles. The summed E-state index contributed by atoms with van der Waals surface area (Å²) in [5.74, 6) is 0.450. The van der Waals surface area contributed by atoms with Crippen molar-refractivity contribution < 1.29 is 36.2 Å². The summed E-state index contributed by atoms with van der Waals surface area (Å²) >= 11 is 6.50. The zero-order valence-corrected chi connectivity index (χ0v) is 23.1. The van der Waals surface area contributed by atoms with Gasteiger partial charge in [0.05, 0.1) is 37.9 Å². The van der Waals surface area contributed by atoms with Crippen LogP contribution in [-0.2, 0) is 23.8 Å². The predicted octanol–water partition coefficient (Wildman–Crippen LogP) is 7.20. The minimum Gasteiger partial charge on any atom is -0.493 e. The van der Waals surface area contributed by atoms with Crippen LogP contribution in [0.4, 0.5) is 17.6 Å². The number of fused-ring (bicyclic) bond motifs is 1. The van der Waals surface area contributed by atoms with E-state index in [0.29, 0.717) is 40.5 Å². The number of rotatable bonds is 6. The fraction of sp³-hybridized carbons (Fsp3) is 0.267. The Hall–Kier alpha value is -4.05. The summed E-state index contributed by atoms with van der Waals surface area (Å²) < 4.78 is 70.8. The molecule has 0 spiro atoms. The van der Waals surface area contributed by atoms with Crippen molar-refractivity contribution in [2.45, 2.75) is 32.0 Å². The van der Waals surface area contributed by atoms with Gasteiger partial charge in [-0.25, -0.2) is 9.37 Å². The summed E-state index contributed by atoms with van der Waals surface area (Å²) in [6.07, 6.45) is -4.18. The number of amides is 1. The number of nitrogens with zero attached hydrogens (tertiary/aromatic N) is 2. The second kappa shape index (κ2) is 11.1. The molecule has 11 heteroatoms. The topological polar surface area (TPSA) is 64.8 Å². The molecule has 0 N–H and O–H groups in total. The van der Waals surface area contributed by atoms with Gasteiger partial charge in [0.15, 0.2) is 11.5 Å². The van der Waals surface area contributed by atoms with E-state index >= 15 is 4.39 Å². The first-order valence-electron chi connectivity index (χ1n) is 12.6. The zero-order valence-electron chi connectivity index (χ0n) is 22.3. The second-order valence-corrected chi connectivity index (χ2v) is 9.96. The molecular formula is C30H25ClF4N2O4. The summed E-state index contributed by atoms with van der Waals surface area (Å²) in [6, 6.07) is 11.4. The number of aromatic nitrogens is 1. The highest BCUT2D eigenvalue weighted by molar-refractivity contribution is 6.31. The van der Waals surface area contributed by atoms with Gasteiger partial charge in [-0.05, 0) is 73.0 Å². The van der Waals surface area contributed by atoms with E-state index in [2.05, 4.69) is 4.98 Å². The van der Waals surface area contributed by atoms with E-state index in [1.54, 1.807) is 24.0 Å². The average Bonchev–Trinajstić information content (AvgIpc) is 3.31. The number of methoxy groups -OCH3 is 2. The van der Waals surface area contributed by atoms with Crippen molar-refractivity contribution in [2.75, 3.05) is 20.8 Å². The number of halogens is 5. The molecule has 0 saturated carbocycles. The Morgan fingerprint density at radius 2 is 1.78 bits per heavy atom. The second-order valence-electron chi connectivity index (χ2n) is 9.55. The zero-order chi connectivity index (χ0) is 29.5. The van der Waals surface area contributed by atoms with Crippen molar-refractivity contribution in [2.24, 2.45) is 0 Å². The molecule has 4 aromatic rings. The lowest BCUT2D eigenvalue weighted by molar-refractivity contribution is -0.137. The number of hydrogen-bond donors (Lipinski definition) is 0. The van der Waals surface area contributed by atoms with Crippen molar-refractivity contribution >= 4 is 17.5 Å². The Kier molecular flexibility index (Phi) is 7.70. The van der Waals surface area contributed by atoms with Crippen molar-refractivity contribution in [3.63, 3.8) is 0 Å². The summed E-state index contributed by atoms with van der Waals surface area (Å²) in [4.78, 5) is 19.8. The summed E-state index contributed by atoms with van der Waals surface area (Å²) in [5, 5.41) is 0.164. The lowest BCUT2D eigenvalue weighted by Crippen LogP contribution is -2.42. The molecule has 1 aromatic heterocycles. The molecule has 41 heavy (non-hydrogen) atoms. The van der Waals surface area contributed by atoms with Gasteiger partial charge in [-0.3, -0.25) is 4.79 Å². The summed E-state index contributed by atoms with van der Waals surface area (Å²) in [7, 11) is 3.01. The van der Waals surface area contributed by atoms with Gasteiger partial charge in [-0.1, -0.05) is 17.7 Å². The van der Waals surface area contributed by atoms with Gasteiger partial charge >= 0.3 is 6.18 Å². The van der Waals surface area contributed by atoms with Gasteiger partial charge < -0.3 is 18.8 Å². The number of oxazole rings is 1. The van der Waals surface area contributed by atoms with Crippen LogP contribution in [0, 0.1) is 12.7 Å². The van der Waals surface area contributed by atoms with E-state index in [9.17, 15) is 18.0 Å². The van der Waals surface area contributed by atoms with Crippen molar-refractivity contribution in [1.82, 2.24) is 9.88 Å². The Balaban J connectivity index is 1.50. The fourth-order valence-corrected chi connectivity index (χ4v) is 5.33. The Morgan fingerprint density at radius 1 is 1.10 bits per heavy atom. The van der Waals surface area contributed by atoms with E-state index in [0.717, 1.165) is 17.7 Å². The van der Waals surface area contributed by atoms with E-state index in [1.807, 2.05) is 6.07 Å². The number of hydrogen-bond acceptors (Lipinski definition) is 5. The monoisotopic (exact) mass is 588 g/mol.